The van der Waals surface area contributed by atoms with Crippen LogP contribution >= 0.6 is 0 Å². The van der Waals surface area contributed by atoms with Gasteiger partial charge in [0.05, 0.1) is 12.3 Å². The van der Waals surface area contributed by atoms with E-state index in [0.29, 0.717) is 12.2 Å². The minimum atomic E-state index is -0.604. The van der Waals surface area contributed by atoms with Crippen molar-refractivity contribution in [1.82, 2.24) is 15.1 Å². The number of carbonyl (C=O) groups is 1. The lowest BCUT2D eigenvalue weighted by atomic mass is 10.0. The largest absolute Gasteiger partial charge is 0.388 e. The smallest absolute Gasteiger partial charge is 0.320 e. The van der Waals surface area contributed by atoms with E-state index in [-0.39, 0.29) is 18.1 Å². The lowest BCUT2D eigenvalue weighted by Crippen LogP contribution is -2.37. The van der Waals surface area contributed by atoms with Crippen LogP contribution in [0.3, 0.4) is 0 Å². The highest BCUT2D eigenvalue weighted by Gasteiger charge is 2.15. The fourth-order valence-electron chi connectivity index (χ4n) is 2.41. The van der Waals surface area contributed by atoms with Crippen LogP contribution in [0.1, 0.15) is 44.9 Å². The Labute approximate surface area is 136 Å². The van der Waals surface area contributed by atoms with Gasteiger partial charge < -0.3 is 10.4 Å². The number of nitrogens with zero attached hydrogens (tertiary/aromatic N) is 2. The molecule has 6 heteroatoms. The molecule has 6 nitrogen and oxygen atoms in total. The SMILES string of the molecule is CC(CC(O)c1ccccc1)NC(=O)Nc1ccnn1C(C)C. The first-order chi connectivity index (χ1) is 11.0. The number of urea groups is 1. The van der Waals surface area contributed by atoms with Gasteiger partial charge in [0.25, 0.3) is 0 Å². The van der Waals surface area contributed by atoms with Gasteiger partial charge in [0.15, 0.2) is 0 Å². The molecule has 0 radical (unpaired) electrons. The Morgan fingerprint density at radius 1 is 1.22 bits per heavy atom. The number of nitrogens with one attached hydrogen (secondary N) is 2. The van der Waals surface area contributed by atoms with Gasteiger partial charge in [0.1, 0.15) is 5.82 Å². The predicted octanol–water partition coefficient (Wildman–Crippen LogP) is 3.10. The second-order valence-electron chi connectivity index (χ2n) is 5.92. The van der Waals surface area contributed by atoms with Gasteiger partial charge in [0, 0.05) is 18.2 Å². The Kier molecular flexibility index (Phi) is 5.76. The van der Waals surface area contributed by atoms with Gasteiger partial charge in [0.2, 0.25) is 0 Å². The highest BCUT2D eigenvalue weighted by atomic mass is 16.3. The van der Waals surface area contributed by atoms with E-state index in [2.05, 4.69) is 15.7 Å². The van der Waals surface area contributed by atoms with Crippen LogP contribution in [0, 0.1) is 0 Å². The van der Waals surface area contributed by atoms with E-state index in [1.165, 1.54) is 0 Å². The first-order valence-electron chi connectivity index (χ1n) is 7.81. The summed E-state index contributed by atoms with van der Waals surface area (Å²) in [5.74, 6) is 0.647. The summed E-state index contributed by atoms with van der Waals surface area (Å²) >= 11 is 0. The summed E-state index contributed by atoms with van der Waals surface area (Å²) in [6, 6.07) is 10.9. The summed E-state index contributed by atoms with van der Waals surface area (Å²) in [4.78, 5) is 12.1. The minimum Gasteiger partial charge on any atom is -0.388 e. The summed E-state index contributed by atoms with van der Waals surface area (Å²) in [6.07, 6.45) is 1.49. The topological polar surface area (TPSA) is 79.2 Å². The van der Waals surface area contributed by atoms with Crippen molar-refractivity contribution in [2.75, 3.05) is 5.32 Å². The molecule has 0 aliphatic heterocycles. The molecule has 0 saturated heterocycles. The molecule has 124 valence electrons. The predicted molar refractivity (Wildman–Crippen MR) is 90.2 cm³/mol. The Morgan fingerprint density at radius 3 is 2.57 bits per heavy atom. The number of aliphatic hydroxyl groups excluding tert-OH is 1. The number of benzene rings is 1. The van der Waals surface area contributed by atoms with Crippen molar-refractivity contribution in [3.63, 3.8) is 0 Å². The van der Waals surface area contributed by atoms with Crippen molar-refractivity contribution in [2.45, 2.75) is 45.4 Å². The van der Waals surface area contributed by atoms with Crippen LogP contribution in [0.4, 0.5) is 10.6 Å². The molecule has 1 aromatic carbocycles. The number of aromatic nitrogens is 2. The highest BCUT2D eigenvalue weighted by molar-refractivity contribution is 5.88. The van der Waals surface area contributed by atoms with Gasteiger partial charge in [-0.2, -0.15) is 5.10 Å². The van der Waals surface area contributed by atoms with Crippen molar-refractivity contribution in [3.8, 4) is 0 Å². The summed E-state index contributed by atoms with van der Waals surface area (Å²) in [5.41, 5.74) is 0.847. The minimum absolute atomic E-state index is 0.164. The third-order valence-electron chi connectivity index (χ3n) is 3.54. The molecular weight excluding hydrogens is 292 g/mol. The lowest BCUT2D eigenvalue weighted by Gasteiger charge is -2.19. The van der Waals surface area contributed by atoms with Crippen molar-refractivity contribution in [2.24, 2.45) is 0 Å². The third kappa shape index (κ3) is 4.82. The molecular formula is C17H24N4O2. The number of rotatable bonds is 6. The van der Waals surface area contributed by atoms with Crippen molar-refractivity contribution < 1.29 is 9.90 Å². The van der Waals surface area contributed by atoms with E-state index in [1.807, 2.05) is 51.1 Å². The van der Waals surface area contributed by atoms with E-state index >= 15 is 0 Å². The molecule has 0 aliphatic carbocycles. The van der Waals surface area contributed by atoms with Crippen molar-refractivity contribution >= 4 is 11.8 Å². The molecule has 2 rings (SSSR count). The zero-order valence-electron chi connectivity index (χ0n) is 13.7. The van der Waals surface area contributed by atoms with E-state index in [0.717, 1.165) is 5.56 Å². The molecule has 2 aromatic rings. The third-order valence-corrected chi connectivity index (χ3v) is 3.54. The fourth-order valence-corrected chi connectivity index (χ4v) is 2.41. The Balaban J connectivity index is 1.86. The zero-order chi connectivity index (χ0) is 16.8. The van der Waals surface area contributed by atoms with Gasteiger partial charge >= 0.3 is 6.03 Å². The second kappa shape index (κ2) is 7.78. The number of aliphatic hydroxyl groups is 1. The standard InChI is InChI=1S/C17H24N4O2/c1-12(2)21-16(9-10-18-21)20-17(23)19-13(3)11-15(22)14-7-5-4-6-8-14/h4-10,12-13,15,22H,11H2,1-3H3,(H2,19,20,23). The van der Waals surface area contributed by atoms with Gasteiger partial charge in [-0.1, -0.05) is 30.3 Å². The maximum Gasteiger partial charge on any atom is 0.320 e. The Morgan fingerprint density at radius 2 is 1.91 bits per heavy atom. The molecule has 2 amide bonds. The molecule has 2 unspecified atom stereocenters. The summed E-state index contributed by atoms with van der Waals surface area (Å²) in [7, 11) is 0. The van der Waals surface area contributed by atoms with Gasteiger partial charge in [-0.25, -0.2) is 9.48 Å². The Hall–Kier alpha value is -2.34. The van der Waals surface area contributed by atoms with Crippen LogP contribution in [-0.4, -0.2) is 27.0 Å². The normalized spacial score (nSPS) is 13.6. The zero-order valence-corrected chi connectivity index (χ0v) is 13.7. The highest BCUT2D eigenvalue weighted by Crippen LogP contribution is 2.18. The molecule has 3 N–H and O–H groups in total. The first-order valence-corrected chi connectivity index (χ1v) is 7.81. The molecule has 2 atom stereocenters. The lowest BCUT2D eigenvalue weighted by molar-refractivity contribution is 0.155. The molecule has 23 heavy (non-hydrogen) atoms. The van der Waals surface area contributed by atoms with Crippen molar-refractivity contribution in [1.29, 1.82) is 0 Å². The molecule has 0 spiro atoms. The summed E-state index contributed by atoms with van der Waals surface area (Å²) < 4.78 is 1.74. The van der Waals surface area contributed by atoms with Gasteiger partial charge in [-0.3, -0.25) is 5.32 Å². The van der Waals surface area contributed by atoms with Crippen LogP contribution in [-0.2, 0) is 0 Å². The molecule has 1 aromatic heterocycles. The van der Waals surface area contributed by atoms with Crippen molar-refractivity contribution in [3.05, 3.63) is 48.2 Å². The number of amides is 2. The molecule has 1 heterocycles. The number of hydrogen-bond donors (Lipinski definition) is 3. The number of carbonyl (C=O) groups excluding carboxylic acids is 1. The molecule has 0 aliphatic rings. The molecule has 0 fully saturated rings. The van der Waals surface area contributed by atoms with Crippen LogP contribution in [0.15, 0.2) is 42.6 Å². The second-order valence-corrected chi connectivity index (χ2v) is 5.92. The summed E-state index contributed by atoms with van der Waals surface area (Å²) in [5, 5.41) is 20.0. The number of anilines is 1. The quantitative estimate of drug-likeness (QED) is 0.766. The maximum absolute atomic E-state index is 12.1. The van der Waals surface area contributed by atoms with Crippen LogP contribution in [0.25, 0.3) is 0 Å². The number of hydrogen-bond acceptors (Lipinski definition) is 3. The monoisotopic (exact) mass is 316 g/mol. The molecule has 0 bridgehead atoms. The fraction of sp³-hybridized carbons (Fsp3) is 0.412. The van der Waals surface area contributed by atoms with E-state index in [9.17, 15) is 9.90 Å². The van der Waals surface area contributed by atoms with Crippen LogP contribution in [0.2, 0.25) is 0 Å². The van der Waals surface area contributed by atoms with Crippen LogP contribution < -0.4 is 10.6 Å². The average Bonchev–Trinajstić information content (AvgIpc) is 2.96. The summed E-state index contributed by atoms with van der Waals surface area (Å²) in [6.45, 7) is 5.86. The maximum atomic E-state index is 12.1. The Bertz CT molecular complexity index is 625. The van der Waals surface area contributed by atoms with Crippen LogP contribution in [0.5, 0.6) is 0 Å². The van der Waals surface area contributed by atoms with Gasteiger partial charge in [-0.05, 0) is 32.8 Å². The van der Waals surface area contributed by atoms with E-state index in [4.69, 9.17) is 0 Å². The average molecular weight is 316 g/mol. The molecule has 0 saturated carbocycles. The van der Waals surface area contributed by atoms with E-state index < -0.39 is 6.10 Å². The van der Waals surface area contributed by atoms with E-state index in [1.54, 1.807) is 16.9 Å². The first kappa shape index (κ1) is 17.0. The van der Waals surface area contributed by atoms with Gasteiger partial charge in [-0.15, -0.1) is 0 Å².